The summed E-state index contributed by atoms with van der Waals surface area (Å²) in [6.07, 6.45) is 0. The molecular formula is C19H23ClN2O5S. The number of rotatable bonds is 10. The highest BCUT2D eigenvalue weighted by Crippen LogP contribution is 2.28. The van der Waals surface area contributed by atoms with E-state index >= 15 is 0 Å². The number of hydrogen-bond donors (Lipinski definition) is 2. The van der Waals surface area contributed by atoms with Gasteiger partial charge in [0.15, 0.2) is 6.61 Å². The largest absolute Gasteiger partial charge is 0.482 e. The maximum Gasteiger partial charge on any atom is 0.258 e. The van der Waals surface area contributed by atoms with E-state index in [0.717, 1.165) is 5.56 Å². The second-order valence-corrected chi connectivity index (χ2v) is 8.10. The lowest BCUT2D eigenvalue weighted by molar-refractivity contribution is -0.123. The van der Waals surface area contributed by atoms with Crippen LogP contribution in [-0.4, -0.2) is 41.2 Å². The Labute approximate surface area is 170 Å². The standard InChI is InChI=1S/C19H23ClN2O5S/c1-14(15-6-4-3-5-7-15)22-28(24,25)16-8-9-18(17(20)12-16)27-13-19(23)21-10-11-26-2/h3-9,12,14,22H,10-11,13H2,1-2H3,(H,21,23). The molecular weight excluding hydrogens is 404 g/mol. The van der Waals surface area contributed by atoms with Gasteiger partial charge < -0.3 is 14.8 Å². The molecule has 0 fully saturated rings. The molecule has 9 heteroatoms. The first-order valence-corrected chi connectivity index (χ1v) is 10.4. The summed E-state index contributed by atoms with van der Waals surface area (Å²) in [6.45, 7) is 2.29. The molecule has 1 amide bonds. The van der Waals surface area contributed by atoms with Crippen LogP contribution in [0.3, 0.4) is 0 Å². The van der Waals surface area contributed by atoms with Gasteiger partial charge in [0.2, 0.25) is 10.0 Å². The Hall–Kier alpha value is -2.13. The molecule has 0 saturated carbocycles. The number of halogens is 1. The van der Waals surface area contributed by atoms with E-state index in [1.54, 1.807) is 6.92 Å². The lowest BCUT2D eigenvalue weighted by Gasteiger charge is -2.15. The highest BCUT2D eigenvalue weighted by Gasteiger charge is 2.20. The zero-order valence-electron chi connectivity index (χ0n) is 15.6. The molecule has 2 aromatic rings. The van der Waals surface area contributed by atoms with Crippen LogP contribution in [0.2, 0.25) is 5.02 Å². The summed E-state index contributed by atoms with van der Waals surface area (Å²) in [5, 5.41) is 2.71. The van der Waals surface area contributed by atoms with Crippen LogP contribution in [0.5, 0.6) is 5.75 Å². The molecule has 1 atom stereocenters. The summed E-state index contributed by atoms with van der Waals surface area (Å²) < 4.78 is 38.0. The van der Waals surface area contributed by atoms with Gasteiger partial charge in [-0.3, -0.25) is 4.79 Å². The molecule has 0 aliphatic carbocycles. The Kier molecular flexibility index (Phi) is 8.25. The zero-order valence-corrected chi connectivity index (χ0v) is 17.2. The van der Waals surface area contributed by atoms with Gasteiger partial charge >= 0.3 is 0 Å². The molecule has 0 radical (unpaired) electrons. The van der Waals surface area contributed by atoms with Gasteiger partial charge in [0, 0.05) is 19.7 Å². The molecule has 0 saturated heterocycles. The van der Waals surface area contributed by atoms with Crippen molar-refractivity contribution in [2.45, 2.75) is 17.9 Å². The predicted molar refractivity (Wildman–Crippen MR) is 107 cm³/mol. The van der Waals surface area contributed by atoms with Gasteiger partial charge in [0.1, 0.15) is 5.75 Å². The third kappa shape index (κ3) is 6.49. The Morgan fingerprint density at radius 1 is 1.18 bits per heavy atom. The van der Waals surface area contributed by atoms with Crippen molar-refractivity contribution in [1.29, 1.82) is 0 Å². The minimum Gasteiger partial charge on any atom is -0.482 e. The Morgan fingerprint density at radius 2 is 1.89 bits per heavy atom. The van der Waals surface area contributed by atoms with Crippen LogP contribution in [0.25, 0.3) is 0 Å². The van der Waals surface area contributed by atoms with Crippen LogP contribution < -0.4 is 14.8 Å². The summed E-state index contributed by atoms with van der Waals surface area (Å²) in [5.41, 5.74) is 0.844. The molecule has 0 aromatic heterocycles. The predicted octanol–water partition coefficient (Wildman–Crippen LogP) is 2.52. The van der Waals surface area contributed by atoms with E-state index in [4.69, 9.17) is 21.1 Å². The number of carbonyl (C=O) groups is 1. The van der Waals surface area contributed by atoms with Crippen molar-refractivity contribution in [3.63, 3.8) is 0 Å². The van der Waals surface area contributed by atoms with E-state index in [0.29, 0.717) is 13.2 Å². The number of sulfonamides is 1. The number of amides is 1. The highest BCUT2D eigenvalue weighted by atomic mass is 35.5. The minimum atomic E-state index is -3.78. The zero-order chi connectivity index (χ0) is 20.6. The highest BCUT2D eigenvalue weighted by molar-refractivity contribution is 7.89. The molecule has 152 valence electrons. The normalized spacial score (nSPS) is 12.4. The van der Waals surface area contributed by atoms with Gasteiger partial charge in [-0.15, -0.1) is 0 Å². The first-order valence-electron chi connectivity index (χ1n) is 8.58. The first-order chi connectivity index (χ1) is 13.3. The van der Waals surface area contributed by atoms with Crippen LogP contribution in [0.15, 0.2) is 53.4 Å². The molecule has 2 rings (SSSR count). The summed E-state index contributed by atoms with van der Waals surface area (Å²) >= 11 is 6.13. The molecule has 28 heavy (non-hydrogen) atoms. The monoisotopic (exact) mass is 426 g/mol. The first kappa shape index (κ1) is 22.2. The van der Waals surface area contributed by atoms with E-state index in [1.807, 2.05) is 30.3 Å². The molecule has 0 aliphatic rings. The van der Waals surface area contributed by atoms with Gasteiger partial charge in [0.05, 0.1) is 16.5 Å². The Bertz CT molecular complexity index is 890. The fourth-order valence-electron chi connectivity index (χ4n) is 2.36. The SMILES string of the molecule is COCCNC(=O)COc1ccc(S(=O)(=O)NC(C)c2ccccc2)cc1Cl. The molecule has 0 heterocycles. The van der Waals surface area contributed by atoms with Gasteiger partial charge in [-0.1, -0.05) is 41.9 Å². The van der Waals surface area contributed by atoms with Gasteiger partial charge in [-0.05, 0) is 30.7 Å². The second kappa shape index (κ2) is 10.4. The average Bonchev–Trinajstić information content (AvgIpc) is 2.67. The van der Waals surface area contributed by atoms with Crippen LogP contribution in [-0.2, 0) is 19.6 Å². The number of benzene rings is 2. The molecule has 0 aliphatic heterocycles. The molecule has 0 spiro atoms. The Morgan fingerprint density at radius 3 is 2.54 bits per heavy atom. The topological polar surface area (TPSA) is 93.7 Å². The third-order valence-corrected chi connectivity index (χ3v) is 5.67. The van der Waals surface area contributed by atoms with Crippen LogP contribution >= 0.6 is 11.6 Å². The lowest BCUT2D eigenvalue weighted by Crippen LogP contribution is -2.31. The molecule has 2 aromatic carbocycles. The number of carbonyl (C=O) groups excluding carboxylic acids is 1. The average molecular weight is 427 g/mol. The molecule has 1 unspecified atom stereocenters. The Balaban J connectivity index is 2.01. The van der Waals surface area contributed by atoms with E-state index in [-0.39, 0.29) is 28.2 Å². The summed E-state index contributed by atoms with van der Waals surface area (Å²) in [7, 11) is -2.24. The van der Waals surface area contributed by atoms with E-state index in [1.165, 1.54) is 25.3 Å². The molecule has 2 N–H and O–H groups in total. The summed E-state index contributed by atoms with van der Waals surface area (Å²) in [4.78, 5) is 11.7. The fourth-order valence-corrected chi connectivity index (χ4v) is 3.92. The lowest BCUT2D eigenvalue weighted by atomic mass is 10.1. The third-order valence-electron chi connectivity index (χ3n) is 3.83. The van der Waals surface area contributed by atoms with Crippen molar-refractivity contribution >= 4 is 27.5 Å². The smallest absolute Gasteiger partial charge is 0.258 e. The minimum absolute atomic E-state index is 0.0113. The quantitative estimate of drug-likeness (QED) is 0.569. The second-order valence-electron chi connectivity index (χ2n) is 5.98. The van der Waals surface area contributed by atoms with Crippen molar-refractivity contribution in [3.8, 4) is 5.75 Å². The fraction of sp³-hybridized carbons (Fsp3) is 0.316. The van der Waals surface area contributed by atoms with Crippen molar-refractivity contribution in [2.24, 2.45) is 0 Å². The van der Waals surface area contributed by atoms with Crippen LogP contribution in [0, 0.1) is 0 Å². The van der Waals surface area contributed by atoms with E-state index in [2.05, 4.69) is 10.0 Å². The van der Waals surface area contributed by atoms with Crippen molar-refractivity contribution in [3.05, 3.63) is 59.1 Å². The van der Waals surface area contributed by atoms with E-state index < -0.39 is 16.1 Å². The van der Waals surface area contributed by atoms with Crippen molar-refractivity contribution in [1.82, 2.24) is 10.0 Å². The maximum atomic E-state index is 12.6. The summed E-state index contributed by atoms with van der Waals surface area (Å²) in [6, 6.07) is 12.9. The van der Waals surface area contributed by atoms with Gasteiger partial charge in [-0.25, -0.2) is 13.1 Å². The van der Waals surface area contributed by atoms with Crippen LogP contribution in [0.4, 0.5) is 0 Å². The number of ether oxygens (including phenoxy) is 2. The number of methoxy groups -OCH3 is 1. The number of nitrogens with one attached hydrogen (secondary N) is 2. The van der Waals surface area contributed by atoms with E-state index in [9.17, 15) is 13.2 Å². The van der Waals surface area contributed by atoms with Crippen LogP contribution in [0.1, 0.15) is 18.5 Å². The van der Waals surface area contributed by atoms with Gasteiger partial charge in [0.25, 0.3) is 5.91 Å². The maximum absolute atomic E-state index is 12.6. The molecule has 0 bridgehead atoms. The van der Waals surface area contributed by atoms with Gasteiger partial charge in [-0.2, -0.15) is 0 Å². The van der Waals surface area contributed by atoms with Crippen molar-refractivity contribution in [2.75, 3.05) is 26.9 Å². The number of hydrogen-bond acceptors (Lipinski definition) is 5. The molecule has 7 nitrogen and oxygen atoms in total. The summed E-state index contributed by atoms with van der Waals surface area (Å²) in [5.74, 6) is -0.109. The van der Waals surface area contributed by atoms with Crippen molar-refractivity contribution < 1.29 is 22.7 Å².